The van der Waals surface area contributed by atoms with E-state index in [-0.39, 0.29) is 0 Å². The van der Waals surface area contributed by atoms with Gasteiger partial charge in [0.1, 0.15) is 6.10 Å². The number of hydrogen-bond acceptors (Lipinski definition) is 3. The lowest BCUT2D eigenvalue weighted by molar-refractivity contribution is 0.165. The minimum absolute atomic E-state index is 0.530. The number of aliphatic hydroxyl groups is 1. The molecule has 5 nitrogen and oxygen atoms in total. The lowest BCUT2D eigenvalue weighted by Crippen LogP contribution is -2.12. The van der Waals surface area contributed by atoms with Gasteiger partial charge in [-0.05, 0) is 42.1 Å². The second-order valence-electron chi connectivity index (χ2n) is 5.55. The second kappa shape index (κ2) is 5.93. The van der Waals surface area contributed by atoms with Crippen molar-refractivity contribution in [3.8, 4) is 0 Å². The molecule has 2 aromatic heterocycles. The molecule has 1 saturated carbocycles. The Balaban J connectivity index is 1.85. The van der Waals surface area contributed by atoms with Crippen molar-refractivity contribution in [2.45, 2.75) is 58.2 Å². The van der Waals surface area contributed by atoms with Crippen molar-refractivity contribution in [3.05, 3.63) is 34.1 Å². The van der Waals surface area contributed by atoms with Gasteiger partial charge in [-0.15, -0.1) is 0 Å². The summed E-state index contributed by atoms with van der Waals surface area (Å²) in [6.45, 7) is 4.97. The lowest BCUT2D eigenvalue weighted by atomic mass is 10.1. The number of aryl methyl sites for hydroxylation is 2. The maximum atomic E-state index is 10.6. The summed E-state index contributed by atoms with van der Waals surface area (Å²) in [4.78, 5) is 4.20. The average molecular weight is 353 g/mol. The van der Waals surface area contributed by atoms with E-state index in [9.17, 15) is 5.11 Å². The van der Waals surface area contributed by atoms with Gasteiger partial charge in [0.25, 0.3) is 0 Å². The molecule has 114 valence electrons. The van der Waals surface area contributed by atoms with Crippen LogP contribution in [0.2, 0.25) is 0 Å². The smallest absolute Gasteiger partial charge is 0.101 e. The van der Waals surface area contributed by atoms with Crippen LogP contribution in [0.4, 0.5) is 0 Å². The van der Waals surface area contributed by atoms with Crippen molar-refractivity contribution in [1.29, 1.82) is 0 Å². The van der Waals surface area contributed by atoms with Crippen LogP contribution in [0.15, 0.2) is 17.0 Å². The van der Waals surface area contributed by atoms with Gasteiger partial charge in [0.05, 0.1) is 34.1 Å². The molecule has 0 aromatic carbocycles. The molecule has 6 heteroatoms. The van der Waals surface area contributed by atoms with Crippen molar-refractivity contribution in [2.24, 2.45) is 0 Å². The van der Waals surface area contributed by atoms with Crippen LogP contribution < -0.4 is 0 Å². The highest BCUT2D eigenvalue weighted by Crippen LogP contribution is 2.37. The van der Waals surface area contributed by atoms with Crippen molar-refractivity contribution >= 4 is 15.9 Å². The molecule has 0 aliphatic heterocycles. The number of aliphatic hydroxyl groups excluding tert-OH is 1. The summed E-state index contributed by atoms with van der Waals surface area (Å²) in [5, 5.41) is 15.2. The van der Waals surface area contributed by atoms with Gasteiger partial charge in [0.15, 0.2) is 0 Å². The third-order valence-corrected chi connectivity index (χ3v) is 4.97. The van der Waals surface area contributed by atoms with Crippen LogP contribution in [-0.2, 0) is 19.4 Å². The zero-order valence-corrected chi connectivity index (χ0v) is 14.0. The van der Waals surface area contributed by atoms with Crippen LogP contribution in [0.5, 0.6) is 0 Å². The highest BCUT2D eigenvalue weighted by atomic mass is 79.9. The van der Waals surface area contributed by atoms with E-state index in [0.717, 1.165) is 34.5 Å². The number of hydrogen-bond donors (Lipinski definition) is 1. The number of halogens is 1. The molecule has 1 aliphatic rings. The fourth-order valence-electron chi connectivity index (χ4n) is 2.73. The second-order valence-corrected chi connectivity index (χ2v) is 6.35. The predicted octanol–water partition coefficient (Wildman–Crippen LogP) is 3.04. The van der Waals surface area contributed by atoms with Crippen LogP contribution in [0.3, 0.4) is 0 Å². The van der Waals surface area contributed by atoms with Crippen molar-refractivity contribution < 1.29 is 5.11 Å². The van der Waals surface area contributed by atoms with E-state index in [1.54, 1.807) is 6.20 Å². The van der Waals surface area contributed by atoms with E-state index in [0.29, 0.717) is 12.5 Å². The first kappa shape index (κ1) is 14.8. The first-order valence-corrected chi connectivity index (χ1v) is 8.38. The molecule has 21 heavy (non-hydrogen) atoms. The summed E-state index contributed by atoms with van der Waals surface area (Å²) in [5.74, 6) is 0. The third-order valence-electron chi connectivity index (χ3n) is 4.06. The Kier molecular flexibility index (Phi) is 4.17. The molecule has 0 spiro atoms. The average Bonchev–Trinajstić information content (AvgIpc) is 3.13. The predicted molar refractivity (Wildman–Crippen MR) is 84.1 cm³/mol. The van der Waals surface area contributed by atoms with E-state index in [2.05, 4.69) is 44.4 Å². The zero-order chi connectivity index (χ0) is 15.0. The Morgan fingerprint density at radius 1 is 1.43 bits per heavy atom. The molecule has 1 aliphatic carbocycles. The van der Waals surface area contributed by atoms with Crippen LogP contribution in [-0.4, -0.2) is 24.4 Å². The van der Waals surface area contributed by atoms with E-state index in [4.69, 9.17) is 0 Å². The fourth-order valence-corrected chi connectivity index (χ4v) is 3.46. The van der Waals surface area contributed by atoms with Gasteiger partial charge in [0.2, 0.25) is 0 Å². The first-order chi connectivity index (χ1) is 10.2. The fraction of sp³-hybridized carbons (Fsp3) is 0.600. The molecule has 0 amide bonds. The minimum Gasteiger partial charge on any atom is -0.386 e. The molecular weight excluding hydrogens is 332 g/mol. The van der Waals surface area contributed by atoms with Gasteiger partial charge >= 0.3 is 0 Å². The molecule has 2 aromatic rings. The number of aromatic nitrogens is 4. The Hall–Kier alpha value is -1.14. The topological polar surface area (TPSA) is 55.9 Å². The van der Waals surface area contributed by atoms with Crippen LogP contribution >= 0.6 is 15.9 Å². The third kappa shape index (κ3) is 2.79. The molecule has 1 N–H and O–H groups in total. The Morgan fingerprint density at radius 2 is 2.19 bits per heavy atom. The molecule has 1 unspecified atom stereocenters. The summed E-state index contributed by atoms with van der Waals surface area (Å²) < 4.78 is 5.12. The molecule has 1 atom stereocenters. The summed E-state index contributed by atoms with van der Waals surface area (Å²) in [7, 11) is 0. The van der Waals surface area contributed by atoms with Gasteiger partial charge in [0, 0.05) is 19.0 Å². The van der Waals surface area contributed by atoms with Crippen molar-refractivity contribution in [3.63, 3.8) is 0 Å². The standard InChI is InChI=1S/C15H21BrN4O/c1-3-11-15(16)12(20(4-2)18-11)7-14(21)13-8-17-9-19(13)10-5-6-10/h8-10,14,21H,3-7H2,1-2H3. The van der Waals surface area contributed by atoms with Crippen LogP contribution in [0.25, 0.3) is 0 Å². The van der Waals surface area contributed by atoms with Crippen LogP contribution in [0.1, 0.15) is 55.9 Å². The largest absolute Gasteiger partial charge is 0.386 e. The summed E-state index contributed by atoms with van der Waals surface area (Å²) in [6.07, 6.45) is 6.89. The SMILES string of the molecule is CCc1nn(CC)c(CC(O)c2cncn2C2CC2)c1Br. The monoisotopic (exact) mass is 352 g/mol. The van der Waals surface area contributed by atoms with Gasteiger partial charge < -0.3 is 9.67 Å². The van der Waals surface area contributed by atoms with Gasteiger partial charge in [-0.1, -0.05) is 6.92 Å². The minimum atomic E-state index is -0.545. The maximum absolute atomic E-state index is 10.6. The van der Waals surface area contributed by atoms with E-state index in [1.807, 2.05) is 11.0 Å². The maximum Gasteiger partial charge on any atom is 0.101 e. The molecular formula is C15H21BrN4O. The summed E-state index contributed by atoms with van der Waals surface area (Å²) in [6, 6.07) is 0.530. The number of imidazole rings is 1. The molecule has 3 rings (SSSR count). The Bertz CT molecular complexity index is 630. The van der Waals surface area contributed by atoms with Gasteiger partial charge in [-0.25, -0.2) is 4.98 Å². The molecule has 1 fully saturated rings. The Labute approximate surface area is 133 Å². The van der Waals surface area contributed by atoms with Crippen molar-refractivity contribution in [2.75, 3.05) is 0 Å². The van der Waals surface area contributed by atoms with Crippen molar-refractivity contribution in [1.82, 2.24) is 19.3 Å². The quantitative estimate of drug-likeness (QED) is 0.869. The van der Waals surface area contributed by atoms with Gasteiger partial charge in [-0.3, -0.25) is 4.68 Å². The number of nitrogens with zero attached hydrogens (tertiary/aromatic N) is 4. The van der Waals surface area contributed by atoms with E-state index >= 15 is 0 Å². The number of rotatable bonds is 6. The lowest BCUT2D eigenvalue weighted by Gasteiger charge is -2.14. The van der Waals surface area contributed by atoms with E-state index in [1.165, 1.54) is 12.8 Å². The highest BCUT2D eigenvalue weighted by molar-refractivity contribution is 9.10. The molecule has 0 radical (unpaired) electrons. The van der Waals surface area contributed by atoms with E-state index < -0.39 is 6.10 Å². The Morgan fingerprint density at radius 3 is 2.81 bits per heavy atom. The zero-order valence-electron chi connectivity index (χ0n) is 12.5. The van der Waals surface area contributed by atoms with Gasteiger partial charge in [-0.2, -0.15) is 5.10 Å². The molecule has 0 bridgehead atoms. The normalized spacial score (nSPS) is 16.4. The molecule has 0 saturated heterocycles. The summed E-state index contributed by atoms with van der Waals surface area (Å²) in [5.41, 5.74) is 3.02. The molecule has 2 heterocycles. The first-order valence-electron chi connectivity index (χ1n) is 7.59. The van der Waals surface area contributed by atoms with Crippen LogP contribution in [0, 0.1) is 0 Å². The summed E-state index contributed by atoms with van der Waals surface area (Å²) >= 11 is 3.64. The highest BCUT2D eigenvalue weighted by Gasteiger charge is 2.28.